The molecule has 2 heterocycles. The molecule has 1 aliphatic rings. The summed E-state index contributed by atoms with van der Waals surface area (Å²) in [6.45, 7) is 4.17. The summed E-state index contributed by atoms with van der Waals surface area (Å²) >= 11 is 0. The first-order chi connectivity index (χ1) is 15.5. The molecule has 0 amide bonds. The molecule has 0 spiro atoms. The molecule has 0 radical (unpaired) electrons. The molecule has 0 atom stereocenters. The molecule has 1 saturated heterocycles. The second kappa shape index (κ2) is 9.64. The Hall–Kier alpha value is -3.01. The predicted octanol–water partition coefficient (Wildman–Crippen LogP) is 3.05. The van der Waals surface area contributed by atoms with Crippen LogP contribution in [-0.4, -0.2) is 63.0 Å². The summed E-state index contributed by atoms with van der Waals surface area (Å²) < 4.78 is 53.2. The normalized spacial score (nSPS) is 14.9. The minimum absolute atomic E-state index is 0.0213. The van der Waals surface area contributed by atoms with Crippen molar-refractivity contribution in [3.05, 3.63) is 72.2 Å². The van der Waals surface area contributed by atoms with Gasteiger partial charge in [0.25, 0.3) is 10.0 Å². The number of carbonyl (C=O) groups excluding carboxylic acids is 1. The summed E-state index contributed by atoms with van der Waals surface area (Å²) in [5.41, 5.74) is 0.288. The van der Waals surface area contributed by atoms with Crippen LogP contribution in [0.15, 0.2) is 65.7 Å². The number of carbonyl (C=O) groups is 1. The largest absolute Gasteiger partial charge is 0.492 e. The molecule has 9 heteroatoms. The summed E-state index contributed by atoms with van der Waals surface area (Å²) in [4.78, 5) is 13.5. The van der Waals surface area contributed by atoms with Crippen molar-refractivity contribution in [1.29, 1.82) is 0 Å². The maximum atomic E-state index is 14.4. The Balaban J connectivity index is 1.60. The molecule has 1 fully saturated rings. The quantitative estimate of drug-likeness (QED) is 0.483. The number of hydrogen-bond donors (Lipinski definition) is 0. The Kier molecular flexibility index (Phi) is 6.69. The lowest BCUT2D eigenvalue weighted by Gasteiger charge is -2.26. The van der Waals surface area contributed by atoms with Gasteiger partial charge in [0.2, 0.25) is 0 Å². The zero-order chi connectivity index (χ0) is 22.6. The molecule has 0 saturated carbocycles. The molecule has 0 unspecified atom stereocenters. The maximum absolute atomic E-state index is 14.4. The average Bonchev–Trinajstić information content (AvgIpc) is 3.26. The van der Waals surface area contributed by atoms with Crippen LogP contribution in [0.4, 0.5) is 4.39 Å². The van der Waals surface area contributed by atoms with E-state index in [4.69, 9.17) is 9.47 Å². The van der Waals surface area contributed by atoms with Crippen molar-refractivity contribution in [1.82, 2.24) is 8.87 Å². The number of ether oxygens (including phenoxy) is 2. The van der Waals surface area contributed by atoms with Gasteiger partial charge >= 0.3 is 0 Å². The van der Waals surface area contributed by atoms with Crippen molar-refractivity contribution < 1.29 is 27.1 Å². The third kappa shape index (κ3) is 4.74. The standard InChI is InChI=1S/C23H23FN2O5S/c24-22-7-2-1-6-21(22)23-14-18(17-27)16-26(23)32(28,29)20-5-3-4-19(15-20)31-13-10-25-8-11-30-12-9-25/h1-7,14-17H,8-13H2. The third-order valence-electron chi connectivity index (χ3n) is 5.24. The third-order valence-corrected chi connectivity index (χ3v) is 6.90. The van der Waals surface area contributed by atoms with Gasteiger partial charge in [0, 0.05) is 43.0 Å². The number of nitrogens with zero attached hydrogens (tertiary/aromatic N) is 2. The number of halogens is 1. The van der Waals surface area contributed by atoms with E-state index in [9.17, 15) is 17.6 Å². The molecule has 3 aromatic rings. The van der Waals surface area contributed by atoms with Crippen molar-refractivity contribution >= 4 is 16.3 Å². The molecule has 7 nitrogen and oxygen atoms in total. The number of benzene rings is 2. The zero-order valence-electron chi connectivity index (χ0n) is 17.3. The van der Waals surface area contributed by atoms with E-state index >= 15 is 0 Å². The fraction of sp³-hybridized carbons (Fsp3) is 0.261. The summed E-state index contributed by atoms with van der Waals surface area (Å²) in [5, 5.41) is 0. The van der Waals surface area contributed by atoms with E-state index in [0.717, 1.165) is 17.1 Å². The van der Waals surface area contributed by atoms with Crippen LogP contribution in [0.5, 0.6) is 5.75 Å². The van der Waals surface area contributed by atoms with Gasteiger partial charge in [-0.2, -0.15) is 0 Å². The number of aromatic nitrogens is 1. The van der Waals surface area contributed by atoms with Gasteiger partial charge in [0.1, 0.15) is 18.2 Å². The summed E-state index contributed by atoms with van der Waals surface area (Å²) in [6, 6.07) is 13.3. The molecule has 4 rings (SSSR count). The lowest BCUT2D eigenvalue weighted by molar-refractivity contribution is 0.0322. The first-order valence-corrected chi connectivity index (χ1v) is 11.6. The van der Waals surface area contributed by atoms with E-state index in [-0.39, 0.29) is 21.7 Å². The van der Waals surface area contributed by atoms with Crippen molar-refractivity contribution in [2.24, 2.45) is 0 Å². The van der Waals surface area contributed by atoms with Crippen LogP contribution < -0.4 is 4.74 Å². The maximum Gasteiger partial charge on any atom is 0.268 e. The Morgan fingerprint density at radius 3 is 2.59 bits per heavy atom. The summed E-state index contributed by atoms with van der Waals surface area (Å²) in [6.07, 6.45) is 1.72. The van der Waals surface area contributed by atoms with Gasteiger partial charge in [-0.3, -0.25) is 9.69 Å². The monoisotopic (exact) mass is 458 g/mol. The molecular weight excluding hydrogens is 435 g/mol. The van der Waals surface area contributed by atoms with Crippen molar-refractivity contribution in [3.63, 3.8) is 0 Å². The zero-order valence-corrected chi connectivity index (χ0v) is 18.1. The first-order valence-electron chi connectivity index (χ1n) is 10.2. The summed E-state index contributed by atoms with van der Waals surface area (Å²) in [5.74, 6) is -0.172. The first kappa shape index (κ1) is 22.2. The lowest BCUT2D eigenvalue weighted by Crippen LogP contribution is -2.38. The fourth-order valence-electron chi connectivity index (χ4n) is 3.55. The van der Waals surface area contributed by atoms with E-state index in [2.05, 4.69) is 4.90 Å². The molecule has 0 aliphatic carbocycles. The van der Waals surface area contributed by atoms with Crippen LogP contribution in [0.1, 0.15) is 10.4 Å². The Morgan fingerprint density at radius 2 is 1.84 bits per heavy atom. The highest BCUT2D eigenvalue weighted by molar-refractivity contribution is 7.90. The molecule has 2 aromatic carbocycles. The number of morpholine rings is 1. The Labute approximate surface area is 186 Å². The number of aldehydes is 1. The van der Waals surface area contributed by atoms with Crippen molar-refractivity contribution in [3.8, 4) is 17.0 Å². The fourth-order valence-corrected chi connectivity index (χ4v) is 4.96. The highest BCUT2D eigenvalue weighted by Crippen LogP contribution is 2.29. The van der Waals surface area contributed by atoms with Crippen LogP contribution in [0.2, 0.25) is 0 Å². The topological polar surface area (TPSA) is 77.8 Å². The average molecular weight is 459 g/mol. The molecule has 1 aliphatic heterocycles. The number of hydrogen-bond acceptors (Lipinski definition) is 6. The predicted molar refractivity (Wildman–Crippen MR) is 117 cm³/mol. The highest BCUT2D eigenvalue weighted by atomic mass is 32.2. The molecule has 32 heavy (non-hydrogen) atoms. The van der Waals surface area contributed by atoms with Crippen molar-refractivity contribution in [2.45, 2.75) is 4.90 Å². The van der Waals surface area contributed by atoms with Crippen LogP contribution in [0, 0.1) is 5.82 Å². The molecule has 168 valence electrons. The van der Waals surface area contributed by atoms with Gasteiger partial charge in [-0.1, -0.05) is 18.2 Å². The highest BCUT2D eigenvalue weighted by Gasteiger charge is 2.23. The summed E-state index contributed by atoms with van der Waals surface area (Å²) in [7, 11) is -4.11. The molecular formula is C23H23FN2O5S. The van der Waals surface area contributed by atoms with Crippen LogP contribution in [0.3, 0.4) is 0 Å². The number of rotatable bonds is 8. The molecule has 1 aromatic heterocycles. The lowest BCUT2D eigenvalue weighted by atomic mass is 10.1. The second-order valence-electron chi connectivity index (χ2n) is 7.33. The van der Waals surface area contributed by atoms with Gasteiger partial charge in [-0.05, 0) is 30.3 Å². The molecule has 0 N–H and O–H groups in total. The SMILES string of the molecule is O=Cc1cc(-c2ccccc2F)n(S(=O)(=O)c2cccc(OCCN3CCOCC3)c2)c1. The van der Waals surface area contributed by atoms with Crippen molar-refractivity contribution in [2.75, 3.05) is 39.5 Å². The van der Waals surface area contributed by atoms with Gasteiger partial charge in [0.05, 0.1) is 23.8 Å². The van der Waals surface area contributed by atoms with E-state index in [1.165, 1.54) is 42.6 Å². The van der Waals surface area contributed by atoms with Gasteiger partial charge in [0.15, 0.2) is 6.29 Å². The van der Waals surface area contributed by atoms with E-state index in [1.54, 1.807) is 18.2 Å². The van der Waals surface area contributed by atoms with E-state index in [0.29, 0.717) is 38.4 Å². The Bertz CT molecular complexity index is 1200. The van der Waals surface area contributed by atoms with Crippen LogP contribution >= 0.6 is 0 Å². The van der Waals surface area contributed by atoms with Gasteiger partial charge in [-0.15, -0.1) is 0 Å². The van der Waals surface area contributed by atoms with Gasteiger partial charge in [-0.25, -0.2) is 16.8 Å². The van der Waals surface area contributed by atoms with E-state index < -0.39 is 15.8 Å². The molecule has 0 bridgehead atoms. The minimum atomic E-state index is -4.11. The minimum Gasteiger partial charge on any atom is -0.492 e. The van der Waals surface area contributed by atoms with Crippen LogP contribution in [-0.2, 0) is 14.8 Å². The smallest absolute Gasteiger partial charge is 0.268 e. The Morgan fingerprint density at radius 1 is 1.06 bits per heavy atom. The van der Waals surface area contributed by atoms with Gasteiger partial charge < -0.3 is 9.47 Å². The van der Waals surface area contributed by atoms with Crippen LogP contribution in [0.25, 0.3) is 11.3 Å². The second-order valence-corrected chi connectivity index (χ2v) is 9.15. The van der Waals surface area contributed by atoms with E-state index in [1.807, 2.05) is 0 Å².